The number of fused-ring (bicyclic) bond motifs is 1. The van der Waals surface area contributed by atoms with Crippen LogP contribution in [0.1, 0.15) is 12.8 Å². The molecule has 0 radical (unpaired) electrons. The van der Waals surface area contributed by atoms with Gasteiger partial charge in [-0.1, -0.05) is 24.3 Å². The van der Waals surface area contributed by atoms with Crippen LogP contribution in [0, 0.1) is 11.8 Å². The van der Waals surface area contributed by atoms with Crippen molar-refractivity contribution in [3.05, 3.63) is 66.9 Å². The Kier molecular flexibility index (Phi) is 5.87. The maximum Gasteiger partial charge on any atom is 0.263 e. The Labute approximate surface area is 184 Å². The molecule has 1 aliphatic carbocycles. The number of hydrogen-bond acceptors (Lipinski definition) is 7. The highest BCUT2D eigenvalue weighted by Crippen LogP contribution is 2.27. The number of anilines is 2. The highest BCUT2D eigenvalue weighted by Gasteiger charge is 2.29. The van der Waals surface area contributed by atoms with Gasteiger partial charge in [0.2, 0.25) is 5.91 Å². The largest absolute Gasteiger partial charge is 0.550 e. The van der Waals surface area contributed by atoms with Gasteiger partial charge in [0.1, 0.15) is 0 Å². The van der Waals surface area contributed by atoms with E-state index in [1.54, 1.807) is 30.4 Å². The van der Waals surface area contributed by atoms with Gasteiger partial charge in [-0.2, -0.15) is 0 Å². The predicted octanol–water partition coefficient (Wildman–Crippen LogP) is 1.70. The van der Waals surface area contributed by atoms with Crippen LogP contribution in [-0.4, -0.2) is 30.3 Å². The first-order chi connectivity index (χ1) is 15.3. The zero-order valence-electron chi connectivity index (χ0n) is 16.8. The van der Waals surface area contributed by atoms with Crippen molar-refractivity contribution >= 4 is 44.4 Å². The van der Waals surface area contributed by atoms with Gasteiger partial charge in [-0.25, -0.2) is 13.4 Å². The third-order valence-corrected chi connectivity index (χ3v) is 6.56. The summed E-state index contributed by atoms with van der Waals surface area (Å²) >= 11 is 0. The van der Waals surface area contributed by atoms with Crippen molar-refractivity contribution in [3.63, 3.8) is 0 Å². The van der Waals surface area contributed by atoms with Crippen LogP contribution < -0.4 is 15.1 Å². The number of para-hydroxylation sites is 2. The van der Waals surface area contributed by atoms with Gasteiger partial charge in [-0.3, -0.25) is 14.5 Å². The van der Waals surface area contributed by atoms with E-state index in [1.165, 1.54) is 30.5 Å². The lowest BCUT2D eigenvalue weighted by Crippen LogP contribution is -2.41. The van der Waals surface area contributed by atoms with Crippen molar-refractivity contribution < 1.29 is 23.1 Å². The van der Waals surface area contributed by atoms with E-state index in [1.807, 2.05) is 6.07 Å². The number of hydrogen-bond donors (Lipinski definition) is 2. The number of nitrogens with one attached hydrogen (secondary N) is 2. The van der Waals surface area contributed by atoms with Gasteiger partial charge < -0.3 is 15.2 Å². The van der Waals surface area contributed by atoms with Crippen LogP contribution in [0.5, 0.6) is 0 Å². The van der Waals surface area contributed by atoms with E-state index in [4.69, 9.17) is 0 Å². The standard InChI is InChI=1S/C22H20N4O5S/c27-21(16-5-1-2-6-17(16)22(28)29)24-14-9-11-15(12-10-14)32(30,31)26-20-13-23-18-7-3-4-8-19(18)25-20/h1-4,7-13,16-17H,5-6H2,(H,24,27)(H,25,26)(H,28,29)/p-1/t16-,17+/m0/s1. The Morgan fingerprint density at radius 3 is 2.28 bits per heavy atom. The van der Waals surface area contributed by atoms with E-state index < -0.39 is 33.7 Å². The van der Waals surface area contributed by atoms with Crippen LogP contribution >= 0.6 is 0 Å². The number of carboxylic acids is 1. The molecule has 1 heterocycles. The Balaban J connectivity index is 1.46. The molecule has 3 aromatic rings. The van der Waals surface area contributed by atoms with Crippen LogP contribution in [0.4, 0.5) is 11.5 Å². The Morgan fingerprint density at radius 2 is 1.59 bits per heavy atom. The fourth-order valence-electron chi connectivity index (χ4n) is 3.52. The second-order valence-electron chi connectivity index (χ2n) is 7.34. The van der Waals surface area contributed by atoms with E-state index in [0.717, 1.165) is 0 Å². The average molecular weight is 451 g/mol. The molecule has 0 fully saturated rings. The summed E-state index contributed by atoms with van der Waals surface area (Å²) in [5.41, 5.74) is 1.55. The smallest absolute Gasteiger partial charge is 0.263 e. The number of carbonyl (C=O) groups is 2. The van der Waals surface area contributed by atoms with Crippen molar-refractivity contribution in [2.24, 2.45) is 11.8 Å². The molecule has 0 saturated heterocycles. The van der Waals surface area contributed by atoms with Gasteiger partial charge >= 0.3 is 0 Å². The molecule has 0 saturated carbocycles. The summed E-state index contributed by atoms with van der Waals surface area (Å²) in [5, 5.41) is 13.9. The van der Waals surface area contributed by atoms with Crippen molar-refractivity contribution in [1.29, 1.82) is 0 Å². The maximum atomic E-state index is 12.7. The Bertz CT molecular complexity index is 1310. The first-order valence-electron chi connectivity index (χ1n) is 9.85. The molecule has 0 aliphatic heterocycles. The molecule has 32 heavy (non-hydrogen) atoms. The van der Waals surface area contributed by atoms with E-state index >= 15 is 0 Å². The van der Waals surface area contributed by atoms with Crippen LogP contribution in [0.25, 0.3) is 11.0 Å². The molecule has 0 unspecified atom stereocenters. The Morgan fingerprint density at radius 1 is 0.938 bits per heavy atom. The third kappa shape index (κ3) is 4.59. The van der Waals surface area contributed by atoms with E-state index in [0.29, 0.717) is 23.1 Å². The lowest BCUT2D eigenvalue weighted by Gasteiger charge is -2.28. The molecule has 1 aromatic heterocycles. The first kappa shape index (κ1) is 21.4. The quantitative estimate of drug-likeness (QED) is 0.543. The van der Waals surface area contributed by atoms with Crippen LogP contribution in [0.15, 0.2) is 71.8 Å². The normalized spacial score (nSPS) is 18.2. The summed E-state index contributed by atoms with van der Waals surface area (Å²) in [6, 6.07) is 12.6. The van der Waals surface area contributed by atoms with E-state index in [-0.39, 0.29) is 17.1 Å². The van der Waals surface area contributed by atoms with Gasteiger partial charge in [0, 0.05) is 17.6 Å². The zero-order chi connectivity index (χ0) is 22.7. The molecule has 1 amide bonds. The van der Waals surface area contributed by atoms with Crippen molar-refractivity contribution in [1.82, 2.24) is 9.97 Å². The summed E-state index contributed by atoms with van der Waals surface area (Å²) in [6.45, 7) is 0. The van der Waals surface area contributed by atoms with Gasteiger partial charge in [-0.05, 0) is 49.2 Å². The number of amides is 1. The van der Waals surface area contributed by atoms with Crippen LogP contribution in [0.2, 0.25) is 0 Å². The lowest BCUT2D eigenvalue weighted by molar-refractivity contribution is -0.313. The molecule has 0 spiro atoms. The van der Waals surface area contributed by atoms with Crippen LogP contribution in [0.3, 0.4) is 0 Å². The molecule has 1 aliphatic rings. The maximum absolute atomic E-state index is 12.7. The van der Waals surface area contributed by atoms with Crippen molar-refractivity contribution in [2.75, 3.05) is 10.0 Å². The number of carboxylic acid groups (broad SMARTS) is 1. The topological polar surface area (TPSA) is 141 Å². The molecule has 2 aromatic carbocycles. The summed E-state index contributed by atoms with van der Waals surface area (Å²) < 4.78 is 27.8. The van der Waals surface area contributed by atoms with E-state index in [9.17, 15) is 23.1 Å². The number of rotatable bonds is 6. The molecule has 10 heteroatoms. The highest BCUT2D eigenvalue weighted by atomic mass is 32.2. The number of benzene rings is 2. The summed E-state index contributed by atoms with van der Waals surface area (Å²) in [6.07, 6.45) is 5.35. The number of sulfonamides is 1. The van der Waals surface area contributed by atoms with Gasteiger partial charge in [-0.15, -0.1) is 0 Å². The minimum atomic E-state index is -3.93. The molecule has 9 nitrogen and oxygen atoms in total. The minimum Gasteiger partial charge on any atom is -0.550 e. The SMILES string of the molecule is O=C(Nc1ccc(S(=O)(=O)Nc2cnc3ccccc3n2)cc1)[C@H]1CC=CC[C@H]1C(=O)[O-]. The monoisotopic (exact) mass is 451 g/mol. The second-order valence-corrected chi connectivity index (χ2v) is 9.02. The molecule has 2 N–H and O–H groups in total. The number of aromatic nitrogens is 2. The van der Waals surface area contributed by atoms with Crippen LogP contribution in [-0.2, 0) is 19.6 Å². The second kappa shape index (κ2) is 8.75. The number of allylic oxidation sites excluding steroid dienone is 2. The molecular weight excluding hydrogens is 432 g/mol. The molecule has 164 valence electrons. The zero-order valence-corrected chi connectivity index (χ0v) is 17.6. The third-order valence-electron chi connectivity index (χ3n) is 5.19. The van der Waals surface area contributed by atoms with Gasteiger partial charge in [0.25, 0.3) is 10.0 Å². The summed E-state index contributed by atoms with van der Waals surface area (Å²) in [4.78, 5) is 32.2. The van der Waals surface area contributed by atoms with E-state index in [2.05, 4.69) is 20.0 Å². The molecule has 4 rings (SSSR count). The average Bonchev–Trinajstić information content (AvgIpc) is 2.79. The van der Waals surface area contributed by atoms with Crippen molar-refractivity contribution in [3.8, 4) is 0 Å². The Hall–Kier alpha value is -3.79. The number of carbonyl (C=O) groups excluding carboxylic acids is 2. The first-order valence-corrected chi connectivity index (χ1v) is 11.3. The van der Waals surface area contributed by atoms with Gasteiger partial charge in [0.15, 0.2) is 5.82 Å². The fourth-order valence-corrected chi connectivity index (χ4v) is 4.51. The minimum absolute atomic E-state index is 0.0290. The molecule has 2 atom stereocenters. The highest BCUT2D eigenvalue weighted by molar-refractivity contribution is 7.92. The summed E-state index contributed by atoms with van der Waals surface area (Å²) in [7, 11) is -3.93. The summed E-state index contributed by atoms with van der Waals surface area (Å²) in [5.74, 6) is -3.28. The fraction of sp³-hybridized carbons (Fsp3) is 0.182. The molecule has 0 bridgehead atoms. The lowest BCUT2D eigenvalue weighted by atomic mass is 9.82. The number of nitrogens with zero attached hydrogens (tertiary/aromatic N) is 2. The van der Waals surface area contributed by atoms with Gasteiger partial charge in [0.05, 0.1) is 28.0 Å². The van der Waals surface area contributed by atoms with Crippen molar-refractivity contribution in [2.45, 2.75) is 17.7 Å². The number of aliphatic carboxylic acids is 1. The predicted molar refractivity (Wildman–Crippen MR) is 116 cm³/mol. The molecular formula is C22H19N4O5S-.